The summed E-state index contributed by atoms with van der Waals surface area (Å²) in [6, 6.07) is 19.6. The Labute approximate surface area is 118 Å². The Hall–Kier alpha value is -0.314. The molecule has 0 aromatic heterocycles. The molecule has 0 aliphatic carbocycles. The molecule has 0 saturated heterocycles. The number of rotatable bonds is 1. The topological polar surface area (TPSA) is 0 Å². The van der Waals surface area contributed by atoms with E-state index < -0.39 is 0 Å². The number of hydrogen-bond donors (Lipinski definition) is 0. The largest absolute Gasteiger partial charge is 2.00 e. The van der Waals surface area contributed by atoms with Gasteiger partial charge in [-0.05, 0) is 6.92 Å². The van der Waals surface area contributed by atoms with Gasteiger partial charge in [0.25, 0.3) is 0 Å². The minimum atomic E-state index is 0. The fourth-order valence-electron chi connectivity index (χ4n) is 1.40. The van der Waals surface area contributed by atoms with E-state index in [1.54, 1.807) is 0 Å². The first-order valence-corrected chi connectivity index (χ1v) is 4.39. The predicted molar refractivity (Wildman–Crippen MR) is 61.2 cm³/mol. The third kappa shape index (κ3) is 3.97. The van der Waals surface area contributed by atoms with E-state index in [4.69, 9.17) is 0 Å². The zero-order valence-corrected chi connectivity index (χ0v) is 11.7. The SMILES string of the molecule is Cc1cccc(-c2c[c-]ccc2)c1.[Br-].[Mg+2]. The fourth-order valence-corrected chi connectivity index (χ4v) is 1.40. The van der Waals surface area contributed by atoms with Crippen LogP contribution in [0, 0.1) is 13.0 Å². The molecular weight excluding hydrogens is 260 g/mol. The summed E-state index contributed by atoms with van der Waals surface area (Å²) in [5, 5.41) is 0. The summed E-state index contributed by atoms with van der Waals surface area (Å²) >= 11 is 0. The second kappa shape index (κ2) is 7.04. The summed E-state index contributed by atoms with van der Waals surface area (Å²) in [6.45, 7) is 2.11. The van der Waals surface area contributed by atoms with Gasteiger partial charge in [0.05, 0.1) is 0 Å². The van der Waals surface area contributed by atoms with Crippen LogP contribution in [-0.2, 0) is 0 Å². The summed E-state index contributed by atoms with van der Waals surface area (Å²) in [4.78, 5) is 0. The van der Waals surface area contributed by atoms with Gasteiger partial charge in [-0.2, -0.15) is 30.3 Å². The Morgan fingerprint density at radius 3 is 2.33 bits per heavy atom. The Morgan fingerprint density at radius 2 is 1.73 bits per heavy atom. The molecule has 2 aromatic rings. The van der Waals surface area contributed by atoms with Gasteiger partial charge in [-0.25, -0.2) is 0 Å². The van der Waals surface area contributed by atoms with Crippen LogP contribution in [0.4, 0.5) is 0 Å². The van der Waals surface area contributed by atoms with E-state index in [1.165, 1.54) is 16.7 Å². The molecule has 0 amide bonds. The van der Waals surface area contributed by atoms with Crippen molar-refractivity contribution in [2.75, 3.05) is 0 Å². The second-order valence-corrected chi connectivity index (χ2v) is 3.16. The first-order valence-electron chi connectivity index (χ1n) is 4.39. The summed E-state index contributed by atoms with van der Waals surface area (Å²) in [5.41, 5.74) is 3.78. The smallest absolute Gasteiger partial charge is 1.00 e. The van der Waals surface area contributed by atoms with Crippen LogP contribution in [0.2, 0.25) is 0 Å². The monoisotopic (exact) mass is 270 g/mol. The van der Waals surface area contributed by atoms with Gasteiger partial charge >= 0.3 is 23.1 Å². The zero-order chi connectivity index (χ0) is 9.10. The van der Waals surface area contributed by atoms with Crippen molar-refractivity contribution in [1.29, 1.82) is 0 Å². The van der Waals surface area contributed by atoms with Crippen LogP contribution in [0.15, 0.2) is 48.5 Å². The third-order valence-electron chi connectivity index (χ3n) is 2.06. The molecule has 0 unspecified atom stereocenters. The van der Waals surface area contributed by atoms with Crippen LogP contribution in [-0.4, -0.2) is 23.1 Å². The molecule has 0 radical (unpaired) electrons. The molecule has 2 heteroatoms. The molecule has 0 heterocycles. The molecule has 0 fully saturated rings. The minimum absolute atomic E-state index is 0. The first-order chi connectivity index (χ1) is 6.36. The number of halogens is 1. The maximum Gasteiger partial charge on any atom is 2.00 e. The van der Waals surface area contributed by atoms with Gasteiger partial charge in [0.2, 0.25) is 0 Å². The molecule has 0 aliphatic rings. The Balaban J connectivity index is 0.000000980. The van der Waals surface area contributed by atoms with E-state index in [0.29, 0.717) is 0 Å². The molecule has 2 rings (SSSR count). The molecule has 0 bridgehead atoms. The van der Waals surface area contributed by atoms with Gasteiger partial charge < -0.3 is 17.0 Å². The first kappa shape index (κ1) is 14.7. The summed E-state index contributed by atoms with van der Waals surface area (Å²) in [7, 11) is 0. The Bertz CT molecular complexity index is 398. The van der Waals surface area contributed by atoms with Gasteiger partial charge in [0.1, 0.15) is 0 Å². The van der Waals surface area contributed by atoms with E-state index in [0.717, 1.165) is 0 Å². The molecule has 0 nitrogen and oxygen atoms in total. The van der Waals surface area contributed by atoms with Crippen molar-refractivity contribution in [3.63, 3.8) is 0 Å². The number of aryl methyl sites for hydroxylation is 1. The normalized spacial score (nSPS) is 8.60. The molecule has 0 N–H and O–H groups in total. The molecule has 72 valence electrons. The fraction of sp³-hybridized carbons (Fsp3) is 0.0769. The maximum absolute atomic E-state index is 3.08. The number of benzene rings is 2. The van der Waals surface area contributed by atoms with E-state index in [-0.39, 0.29) is 40.0 Å². The Kier molecular flexibility index (Phi) is 6.89. The van der Waals surface area contributed by atoms with E-state index in [2.05, 4.69) is 43.3 Å². The molecule has 0 saturated carbocycles. The van der Waals surface area contributed by atoms with Crippen molar-refractivity contribution in [2.24, 2.45) is 0 Å². The van der Waals surface area contributed by atoms with Gasteiger partial charge in [-0.15, -0.1) is 5.56 Å². The molecule has 15 heavy (non-hydrogen) atoms. The average Bonchev–Trinajstić information content (AvgIpc) is 2.19. The molecule has 0 atom stereocenters. The van der Waals surface area contributed by atoms with Crippen LogP contribution < -0.4 is 17.0 Å². The second-order valence-electron chi connectivity index (χ2n) is 3.16. The molecule has 0 aliphatic heterocycles. The van der Waals surface area contributed by atoms with Crippen LogP contribution >= 0.6 is 0 Å². The summed E-state index contributed by atoms with van der Waals surface area (Å²) in [5.74, 6) is 0. The quantitative estimate of drug-likeness (QED) is 0.509. The number of hydrogen-bond acceptors (Lipinski definition) is 0. The zero-order valence-electron chi connectivity index (χ0n) is 8.70. The third-order valence-corrected chi connectivity index (χ3v) is 2.06. The van der Waals surface area contributed by atoms with Crippen molar-refractivity contribution in [1.82, 2.24) is 0 Å². The van der Waals surface area contributed by atoms with Crippen LogP contribution in [0.25, 0.3) is 11.1 Å². The van der Waals surface area contributed by atoms with E-state index >= 15 is 0 Å². The summed E-state index contributed by atoms with van der Waals surface area (Å²) < 4.78 is 0. The molecule has 0 spiro atoms. The van der Waals surface area contributed by atoms with Crippen molar-refractivity contribution < 1.29 is 17.0 Å². The predicted octanol–water partition coefficient (Wildman–Crippen LogP) is 0.0854. The van der Waals surface area contributed by atoms with Crippen LogP contribution in [0.1, 0.15) is 5.56 Å². The van der Waals surface area contributed by atoms with Crippen LogP contribution in [0.3, 0.4) is 0 Å². The average molecular weight is 271 g/mol. The van der Waals surface area contributed by atoms with Crippen LogP contribution in [0.5, 0.6) is 0 Å². The van der Waals surface area contributed by atoms with Crippen molar-refractivity contribution >= 4 is 23.1 Å². The van der Waals surface area contributed by atoms with Crippen molar-refractivity contribution in [3.8, 4) is 11.1 Å². The minimum Gasteiger partial charge on any atom is -1.00 e. The van der Waals surface area contributed by atoms with Gasteiger partial charge in [0, 0.05) is 0 Å². The van der Waals surface area contributed by atoms with Gasteiger partial charge in [-0.1, -0.05) is 35.4 Å². The summed E-state index contributed by atoms with van der Waals surface area (Å²) in [6.07, 6.45) is 0. The van der Waals surface area contributed by atoms with Crippen molar-refractivity contribution in [3.05, 3.63) is 60.2 Å². The molecular formula is C13H11BrMg. The van der Waals surface area contributed by atoms with E-state index in [9.17, 15) is 0 Å². The van der Waals surface area contributed by atoms with Gasteiger partial charge in [0.15, 0.2) is 0 Å². The van der Waals surface area contributed by atoms with E-state index in [1.807, 2.05) is 18.2 Å². The maximum atomic E-state index is 3.08. The standard InChI is InChI=1S/C13H11.BrH.Mg/c1-11-6-5-9-13(10-11)12-7-3-2-4-8-12;;/h2-3,5-10H,1H3;1H;/q-1;;+2/p-1. The van der Waals surface area contributed by atoms with Crippen molar-refractivity contribution in [2.45, 2.75) is 6.92 Å². The van der Waals surface area contributed by atoms with Gasteiger partial charge in [-0.3, -0.25) is 0 Å². The molecule has 2 aromatic carbocycles. The Morgan fingerprint density at radius 1 is 1.00 bits per heavy atom.